The van der Waals surface area contributed by atoms with Gasteiger partial charge in [-0.25, -0.2) is 4.39 Å². The van der Waals surface area contributed by atoms with Crippen LogP contribution in [0.3, 0.4) is 0 Å². The van der Waals surface area contributed by atoms with E-state index in [1.807, 2.05) is 18.4 Å². The monoisotopic (exact) mass is 408 g/mol. The van der Waals surface area contributed by atoms with Crippen LogP contribution in [-0.4, -0.2) is 16.3 Å². The molecular weight excluding hydrogens is 384 g/mol. The van der Waals surface area contributed by atoms with Crippen molar-refractivity contribution in [2.75, 3.05) is 6.61 Å². The summed E-state index contributed by atoms with van der Waals surface area (Å²) in [6, 6.07) is 7.25. The zero-order chi connectivity index (χ0) is 21.6. The number of nitrogens with two attached hydrogens (primary N) is 1. The first-order valence-electron chi connectivity index (χ1n) is 9.30. The molecule has 0 saturated carbocycles. The second-order valence-electron chi connectivity index (χ2n) is 8.22. The fraction of sp³-hybridized carbons (Fsp3) is 0.364. The van der Waals surface area contributed by atoms with Crippen LogP contribution in [0.4, 0.5) is 17.6 Å². The summed E-state index contributed by atoms with van der Waals surface area (Å²) in [7, 11) is 0. The molecule has 7 heteroatoms. The van der Waals surface area contributed by atoms with Crippen LogP contribution < -0.4 is 5.73 Å². The van der Waals surface area contributed by atoms with E-state index in [9.17, 15) is 22.7 Å². The summed E-state index contributed by atoms with van der Waals surface area (Å²) in [5, 5.41) is 10.2. The molecule has 0 unspecified atom stereocenters. The van der Waals surface area contributed by atoms with E-state index < -0.39 is 23.0 Å². The van der Waals surface area contributed by atoms with Crippen molar-refractivity contribution < 1.29 is 22.7 Å². The lowest BCUT2D eigenvalue weighted by atomic mass is 9.94. The van der Waals surface area contributed by atoms with Gasteiger partial charge in [0.25, 0.3) is 0 Å². The normalized spacial score (nSPS) is 13.8. The van der Waals surface area contributed by atoms with Gasteiger partial charge in [0, 0.05) is 47.3 Å². The molecule has 0 aliphatic heterocycles. The molecule has 2 aromatic carbocycles. The fourth-order valence-corrected chi connectivity index (χ4v) is 3.51. The van der Waals surface area contributed by atoms with Crippen LogP contribution in [0.2, 0.25) is 0 Å². The van der Waals surface area contributed by atoms with E-state index in [-0.39, 0.29) is 23.8 Å². The number of hydrogen-bond donors (Lipinski definition) is 2. The molecule has 3 rings (SSSR count). The molecule has 1 heterocycles. The zero-order valence-corrected chi connectivity index (χ0v) is 16.5. The van der Waals surface area contributed by atoms with Crippen LogP contribution in [0.25, 0.3) is 22.0 Å². The van der Waals surface area contributed by atoms with Crippen LogP contribution in [0.1, 0.15) is 37.9 Å². The molecule has 0 amide bonds. The highest BCUT2D eigenvalue weighted by Crippen LogP contribution is 2.40. The van der Waals surface area contributed by atoms with E-state index in [4.69, 9.17) is 5.73 Å². The van der Waals surface area contributed by atoms with Gasteiger partial charge in [0.05, 0.1) is 5.56 Å². The van der Waals surface area contributed by atoms with Crippen molar-refractivity contribution in [3.05, 3.63) is 59.5 Å². The molecular formula is C22H24F4N2O. The van der Waals surface area contributed by atoms with Gasteiger partial charge in [0.1, 0.15) is 5.82 Å². The molecule has 3 N–H and O–H groups in total. The minimum Gasteiger partial charge on any atom is -0.396 e. The maximum absolute atomic E-state index is 15.0. The summed E-state index contributed by atoms with van der Waals surface area (Å²) < 4.78 is 57.2. The minimum atomic E-state index is -4.60. The first-order valence-corrected chi connectivity index (χ1v) is 9.30. The van der Waals surface area contributed by atoms with Crippen molar-refractivity contribution in [2.24, 2.45) is 11.1 Å². The Balaban J connectivity index is 2.29. The molecule has 0 aliphatic carbocycles. The van der Waals surface area contributed by atoms with E-state index in [0.29, 0.717) is 23.0 Å². The van der Waals surface area contributed by atoms with Crippen molar-refractivity contribution in [2.45, 2.75) is 39.5 Å². The molecule has 156 valence electrons. The van der Waals surface area contributed by atoms with Gasteiger partial charge in [0.2, 0.25) is 0 Å². The maximum atomic E-state index is 15.0. The molecule has 1 aromatic heterocycles. The topological polar surface area (TPSA) is 51.2 Å². The summed E-state index contributed by atoms with van der Waals surface area (Å²) in [5.41, 5.74) is 5.61. The average molecular weight is 408 g/mol. The van der Waals surface area contributed by atoms with Crippen LogP contribution >= 0.6 is 0 Å². The summed E-state index contributed by atoms with van der Waals surface area (Å²) in [4.78, 5) is 0. The molecule has 0 radical (unpaired) electrons. The Kier molecular flexibility index (Phi) is 5.49. The quantitative estimate of drug-likeness (QED) is 0.548. The number of fused-ring (bicyclic) bond motifs is 1. The number of halogens is 4. The van der Waals surface area contributed by atoms with Crippen LogP contribution in [0.15, 0.2) is 42.6 Å². The Morgan fingerprint density at radius 1 is 1.10 bits per heavy atom. The van der Waals surface area contributed by atoms with Crippen molar-refractivity contribution in [1.82, 2.24) is 4.57 Å². The second kappa shape index (κ2) is 7.46. The van der Waals surface area contributed by atoms with E-state index in [2.05, 4.69) is 0 Å². The minimum absolute atomic E-state index is 0.0782. The largest absolute Gasteiger partial charge is 0.417 e. The van der Waals surface area contributed by atoms with E-state index in [1.165, 1.54) is 30.3 Å². The predicted molar refractivity (Wildman–Crippen MR) is 106 cm³/mol. The molecule has 3 nitrogen and oxygen atoms in total. The molecule has 0 spiro atoms. The maximum Gasteiger partial charge on any atom is 0.417 e. The van der Waals surface area contributed by atoms with Gasteiger partial charge in [-0.1, -0.05) is 32.0 Å². The lowest BCUT2D eigenvalue weighted by Crippen LogP contribution is -2.23. The highest BCUT2D eigenvalue weighted by Gasteiger charge is 2.34. The Labute approximate surface area is 166 Å². The first-order chi connectivity index (χ1) is 13.4. The van der Waals surface area contributed by atoms with E-state index in [0.717, 1.165) is 6.07 Å². The van der Waals surface area contributed by atoms with Crippen molar-refractivity contribution in [3.63, 3.8) is 0 Å². The van der Waals surface area contributed by atoms with E-state index >= 15 is 0 Å². The fourth-order valence-electron chi connectivity index (χ4n) is 3.51. The Bertz CT molecular complexity index is 1040. The lowest BCUT2D eigenvalue weighted by molar-refractivity contribution is -0.137. The molecule has 3 aromatic rings. The summed E-state index contributed by atoms with van der Waals surface area (Å²) >= 11 is 0. The highest BCUT2D eigenvalue weighted by molar-refractivity contribution is 5.89. The SMILES string of the molecule is C[C@@H](N)c1cn(CC(C)(C)CO)c2cc(-c3ccccc3C(F)(F)F)c(F)cc12. The average Bonchev–Trinajstić information content (AvgIpc) is 2.97. The Morgan fingerprint density at radius 3 is 2.34 bits per heavy atom. The Morgan fingerprint density at radius 2 is 1.76 bits per heavy atom. The molecule has 29 heavy (non-hydrogen) atoms. The number of alkyl halides is 3. The molecule has 1 atom stereocenters. The Hall–Kier alpha value is -2.38. The standard InChI is InChI=1S/C22H24F4N2O/c1-13(27)17-10-28(11-21(2,3)12-29)20-9-15(19(23)8-16(17)20)14-6-4-5-7-18(14)22(24,25)26/h4-10,13,29H,11-12,27H2,1-3H3/t13-/m1/s1. The van der Waals surface area contributed by atoms with Gasteiger partial charge in [0.15, 0.2) is 0 Å². The third-order valence-corrected chi connectivity index (χ3v) is 5.04. The third-order valence-electron chi connectivity index (χ3n) is 5.04. The molecule has 0 aliphatic rings. The first kappa shape index (κ1) is 21.3. The number of nitrogens with zero attached hydrogens (tertiary/aromatic N) is 1. The molecule has 0 fully saturated rings. The van der Waals surface area contributed by atoms with Crippen LogP contribution in [-0.2, 0) is 12.7 Å². The third kappa shape index (κ3) is 4.16. The number of rotatable bonds is 5. The van der Waals surface area contributed by atoms with Gasteiger partial charge < -0.3 is 15.4 Å². The van der Waals surface area contributed by atoms with E-state index in [1.54, 1.807) is 13.1 Å². The molecule has 0 bridgehead atoms. The van der Waals surface area contributed by atoms with Gasteiger partial charge >= 0.3 is 6.18 Å². The second-order valence-corrected chi connectivity index (χ2v) is 8.22. The van der Waals surface area contributed by atoms with Crippen LogP contribution in [0, 0.1) is 11.2 Å². The highest BCUT2D eigenvalue weighted by atomic mass is 19.4. The number of aliphatic hydroxyl groups excluding tert-OH is 1. The number of hydrogen-bond acceptors (Lipinski definition) is 2. The van der Waals surface area contributed by atoms with Crippen molar-refractivity contribution in [3.8, 4) is 11.1 Å². The van der Waals surface area contributed by atoms with Crippen molar-refractivity contribution >= 4 is 10.9 Å². The van der Waals surface area contributed by atoms with Crippen LogP contribution in [0.5, 0.6) is 0 Å². The summed E-state index contributed by atoms with van der Waals surface area (Å²) in [6.45, 7) is 5.83. The molecule has 0 saturated heterocycles. The van der Waals surface area contributed by atoms with Gasteiger partial charge in [-0.2, -0.15) is 13.2 Å². The number of benzene rings is 2. The smallest absolute Gasteiger partial charge is 0.396 e. The van der Waals surface area contributed by atoms with Gasteiger partial charge in [-0.15, -0.1) is 0 Å². The number of aromatic nitrogens is 1. The number of aliphatic hydroxyl groups is 1. The summed E-state index contributed by atoms with van der Waals surface area (Å²) in [6.07, 6.45) is -2.82. The zero-order valence-electron chi connectivity index (χ0n) is 16.5. The van der Waals surface area contributed by atoms with Gasteiger partial charge in [-0.3, -0.25) is 0 Å². The van der Waals surface area contributed by atoms with Crippen molar-refractivity contribution in [1.29, 1.82) is 0 Å². The lowest BCUT2D eigenvalue weighted by Gasteiger charge is -2.23. The predicted octanol–water partition coefficient (Wildman–Crippen LogP) is 5.50. The summed E-state index contributed by atoms with van der Waals surface area (Å²) in [5.74, 6) is -0.740. The van der Waals surface area contributed by atoms with Gasteiger partial charge in [-0.05, 0) is 36.2 Å².